The number of nitrogens with two attached hydrogens (primary N) is 1. The summed E-state index contributed by atoms with van der Waals surface area (Å²) in [7, 11) is 0. The van der Waals surface area contributed by atoms with Crippen LogP contribution in [0.25, 0.3) is 0 Å². The number of aromatic nitrogens is 2. The van der Waals surface area contributed by atoms with Gasteiger partial charge >= 0.3 is 0 Å². The van der Waals surface area contributed by atoms with Crippen molar-refractivity contribution in [2.75, 3.05) is 5.73 Å². The van der Waals surface area contributed by atoms with Gasteiger partial charge in [-0.15, -0.1) is 0 Å². The Bertz CT molecular complexity index is 591. The van der Waals surface area contributed by atoms with Crippen LogP contribution >= 0.6 is 22.6 Å². The molecule has 2 N–H and O–H groups in total. The number of hydrogen-bond acceptors (Lipinski definition) is 2. The van der Waals surface area contributed by atoms with Gasteiger partial charge in [0.15, 0.2) is 0 Å². The van der Waals surface area contributed by atoms with E-state index in [2.05, 4.69) is 57.6 Å². The second-order valence-electron chi connectivity index (χ2n) is 5.60. The molecule has 1 aliphatic rings. The van der Waals surface area contributed by atoms with E-state index >= 15 is 0 Å². The summed E-state index contributed by atoms with van der Waals surface area (Å²) in [6, 6.07) is 11.2. The van der Waals surface area contributed by atoms with Crippen molar-refractivity contribution in [3.63, 3.8) is 0 Å². The molecule has 4 heteroatoms. The third kappa shape index (κ3) is 2.45. The average Bonchev–Trinajstić information content (AvgIpc) is 2.76. The molecule has 1 heterocycles. The monoisotopic (exact) mass is 381 g/mol. The highest BCUT2D eigenvalue weighted by Gasteiger charge is 2.30. The van der Waals surface area contributed by atoms with E-state index in [1.807, 2.05) is 6.92 Å². The highest BCUT2D eigenvalue weighted by Crippen LogP contribution is 2.42. The number of anilines is 1. The van der Waals surface area contributed by atoms with Gasteiger partial charge < -0.3 is 5.73 Å². The highest BCUT2D eigenvalue weighted by molar-refractivity contribution is 14.1. The van der Waals surface area contributed by atoms with Crippen molar-refractivity contribution in [3.8, 4) is 0 Å². The lowest BCUT2D eigenvalue weighted by Crippen LogP contribution is -2.24. The smallest absolute Gasteiger partial charge is 0.135 e. The normalized spacial score (nSPS) is 22.9. The van der Waals surface area contributed by atoms with Crippen molar-refractivity contribution in [1.29, 1.82) is 0 Å². The predicted molar refractivity (Wildman–Crippen MR) is 90.8 cm³/mol. The Morgan fingerprint density at radius 1 is 1.20 bits per heavy atom. The summed E-state index contributed by atoms with van der Waals surface area (Å²) >= 11 is 2.30. The van der Waals surface area contributed by atoms with Crippen LogP contribution in [0.2, 0.25) is 0 Å². The zero-order valence-electron chi connectivity index (χ0n) is 11.7. The molecule has 1 aromatic carbocycles. The van der Waals surface area contributed by atoms with E-state index in [-0.39, 0.29) is 0 Å². The molecule has 3 nitrogen and oxygen atoms in total. The first kappa shape index (κ1) is 13.9. The number of rotatable bonds is 2. The number of nitrogen functional groups attached to an aromatic ring is 1. The van der Waals surface area contributed by atoms with Gasteiger partial charge in [0.2, 0.25) is 0 Å². The van der Waals surface area contributed by atoms with Crippen LogP contribution in [0.1, 0.15) is 48.9 Å². The SMILES string of the molecule is Cc1nn(C2CCCCC2c2ccccc2)c(N)c1I. The fraction of sp³-hybridized carbons (Fsp3) is 0.438. The van der Waals surface area contributed by atoms with Crippen LogP contribution in [0, 0.1) is 10.5 Å². The second kappa shape index (κ2) is 5.76. The molecule has 0 aliphatic heterocycles. The molecule has 0 bridgehead atoms. The summed E-state index contributed by atoms with van der Waals surface area (Å²) in [5.74, 6) is 1.36. The molecular weight excluding hydrogens is 361 g/mol. The van der Waals surface area contributed by atoms with Crippen LogP contribution in [0.4, 0.5) is 5.82 Å². The van der Waals surface area contributed by atoms with Gasteiger partial charge in [-0.3, -0.25) is 0 Å². The molecule has 0 saturated heterocycles. The molecule has 20 heavy (non-hydrogen) atoms. The van der Waals surface area contributed by atoms with Crippen molar-refractivity contribution >= 4 is 28.4 Å². The van der Waals surface area contributed by atoms with Crippen LogP contribution in [0.5, 0.6) is 0 Å². The molecule has 0 radical (unpaired) electrons. The summed E-state index contributed by atoms with van der Waals surface area (Å²) in [6.07, 6.45) is 4.96. The number of benzene rings is 1. The Kier molecular flexibility index (Phi) is 4.01. The van der Waals surface area contributed by atoms with Crippen molar-refractivity contribution in [3.05, 3.63) is 45.2 Å². The van der Waals surface area contributed by atoms with Crippen LogP contribution in [-0.4, -0.2) is 9.78 Å². The van der Waals surface area contributed by atoms with Crippen LogP contribution in [-0.2, 0) is 0 Å². The number of nitrogens with zero attached hydrogens (tertiary/aromatic N) is 2. The zero-order chi connectivity index (χ0) is 14.1. The molecule has 106 valence electrons. The fourth-order valence-electron chi connectivity index (χ4n) is 3.29. The maximum Gasteiger partial charge on any atom is 0.135 e. The lowest BCUT2D eigenvalue weighted by molar-refractivity contribution is 0.288. The maximum absolute atomic E-state index is 6.27. The summed E-state index contributed by atoms with van der Waals surface area (Å²) in [4.78, 5) is 0. The molecule has 1 aliphatic carbocycles. The van der Waals surface area contributed by atoms with Crippen molar-refractivity contribution in [1.82, 2.24) is 9.78 Å². The Morgan fingerprint density at radius 3 is 2.55 bits per heavy atom. The van der Waals surface area contributed by atoms with Gasteiger partial charge in [-0.25, -0.2) is 4.68 Å². The Labute approximate surface area is 133 Å². The fourth-order valence-corrected chi connectivity index (χ4v) is 3.65. The van der Waals surface area contributed by atoms with Gasteiger partial charge in [0.05, 0.1) is 15.3 Å². The van der Waals surface area contributed by atoms with Crippen molar-refractivity contribution in [2.45, 2.75) is 44.6 Å². The van der Waals surface area contributed by atoms with E-state index in [4.69, 9.17) is 10.8 Å². The van der Waals surface area contributed by atoms with E-state index in [0.717, 1.165) is 15.1 Å². The molecule has 2 unspecified atom stereocenters. The second-order valence-corrected chi connectivity index (χ2v) is 6.68. The largest absolute Gasteiger partial charge is 0.383 e. The lowest BCUT2D eigenvalue weighted by atomic mass is 9.80. The summed E-state index contributed by atoms with van der Waals surface area (Å²) in [5, 5.41) is 4.69. The molecular formula is C16H20IN3. The summed E-state index contributed by atoms with van der Waals surface area (Å²) in [6.45, 7) is 2.04. The van der Waals surface area contributed by atoms with Crippen LogP contribution in [0.3, 0.4) is 0 Å². The summed E-state index contributed by atoms with van der Waals surface area (Å²) < 4.78 is 3.17. The first-order chi connectivity index (χ1) is 9.68. The molecule has 2 atom stereocenters. The average molecular weight is 381 g/mol. The predicted octanol–water partition coefficient (Wildman–Crippen LogP) is 4.28. The summed E-state index contributed by atoms with van der Waals surface area (Å²) in [5.41, 5.74) is 8.73. The van der Waals surface area contributed by atoms with Crippen LogP contribution < -0.4 is 5.73 Å². The minimum absolute atomic E-state index is 0.397. The lowest BCUT2D eigenvalue weighted by Gasteiger charge is -2.32. The topological polar surface area (TPSA) is 43.8 Å². The Morgan fingerprint density at radius 2 is 1.90 bits per heavy atom. The minimum Gasteiger partial charge on any atom is -0.383 e. The first-order valence-electron chi connectivity index (χ1n) is 7.23. The van der Waals surface area contributed by atoms with E-state index in [1.165, 1.54) is 31.2 Å². The molecule has 2 aromatic rings. The third-order valence-corrected chi connectivity index (χ3v) is 5.65. The van der Waals surface area contributed by atoms with Gasteiger partial charge in [-0.2, -0.15) is 5.10 Å². The van der Waals surface area contributed by atoms with Crippen LogP contribution in [0.15, 0.2) is 30.3 Å². The Hall–Kier alpha value is -1.04. The van der Waals surface area contributed by atoms with Gasteiger partial charge in [0.25, 0.3) is 0 Å². The van der Waals surface area contributed by atoms with Gasteiger partial charge in [-0.1, -0.05) is 43.2 Å². The van der Waals surface area contributed by atoms with Gasteiger partial charge in [0, 0.05) is 5.92 Å². The standard InChI is InChI=1S/C16H20IN3/c1-11-15(17)16(18)20(19-11)14-10-6-5-9-13(14)12-7-3-2-4-8-12/h2-4,7-8,13-14H,5-6,9-10,18H2,1H3. The first-order valence-corrected chi connectivity index (χ1v) is 8.31. The number of aryl methyl sites for hydroxylation is 1. The van der Waals surface area contributed by atoms with Gasteiger partial charge in [0.1, 0.15) is 5.82 Å². The van der Waals surface area contributed by atoms with E-state index < -0.39 is 0 Å². The van der Waals surface area contributed by atoms with E-state index in [1.54, 1.807) is 0 Å². The molecule has 1 saturated carbocycles. The maximum atomic E-state index is 6.27. The van der Waals surface area contributed by atoms with Crippen molar-refractivity contribution in [2.24, 2.45) is 0 Å². The highest BCUT2D eigenvalue weighted by atomic mass is 127. The molecule has 1 aromatic heterocycles. The van der Waals surface area contributed by atoms with Crippen molar-refractivity contribution < 1.29 is 0 Å². The van der Waals surface area contributed by atoms with E-state index in [0.29, 0.717) is 12.0 Å². The third-order valence-electron chi connectivity index (χ3n) is 4.32. The molecule has 3 rings (SSSR count). The minimum atomic E-state index is 0.397. The molecule has 1 fully saturated rings. The number of hydrogen-bond donors (Lipinski definition) is 1. The molecule has 0 spiro atoms. The van der Waals surface area contributed by atoms with Gasteiger partial charge in [-0.05, 0) is 47.9 Å². The zero-order valence-corrected chi connectivity index (χ0v) is 13.9. The number of halogens is 1. The molecule has 0 amide bonds. The quantitative estimate of drug-likeness (QED) is 0.790. The Balaban J connectivity index is 1.99. The van der Waals surface area contributed by atoms with E-state index in [9.17, 15) is 0 Å².